The summed E-state index contributed by atoms with van der Waals surface area (Å²) >= 11 is 0. The minimum absolute atomic E-state index is 0.0156. The Hall–Kier alpha value is -1.57. The molecule has 1 aromatic heterocycles. The van der Waals surface area contributed by atoms with Crippen molar-refractivity contribution in [1.82, 2.24) is 4.98 Å². The Bertz CT molecular complexity index is 463. The van der Waals surface area contributed by atoms with E-state index in [9.17, 15) is 0 Å². The maximum atomic E-state index is 7.58. The smallest absolute Gasteiger partial charge is 0.0840 e. The summed E-state index contributed by atoms with van der Waals surface area (Å²) in [6, 6.07) is 5.38. The number of pyridine rings is 1. The molecule has 0 saturated carbocycles. The lowest BCUT2D eigenvalue weighted by atomic mass is 10.2. The highest BCUT2D eigenvalue weighted by molar-refractivity contribution is 5.84. The zero-order valence-corrected chi connectivity index (χ0v) is 5.83. The van der Waals surface area contributed by atoms with E-state index in [-0.39, 0.29) is 12.2 Å². The predicted molar refractivity (Wildman–Crippen MR) is 46.2 cm³/mol. The molecule has 2 nitrogen and oxygen atoms in total. The summed E-state index contributed by atoms with van der Waals surface area (Å²) in [4.78, 5) is 3.77. The van der Waals surface area contributed by atoms with Gasteiger partial charge in [0.2, 0.25) is 0 Å². The lowest BCUT2D eigenvalue weighted by Crippen LogP contribution is -1.83. The fraction of sp³-hybridized carbons (Fsp3) is 0. The minimum Gasteiger partial charge on any atom is -0.399 e. The van der Waals surface area contributed by atoms with E-state index in [0.717, 1.165) is 5.39 Å². The maximum absolute atomic E-state index is 7.58. The maximum Gasteiger partial charge on any atom is 0.0840 e. The molecule has 2 N–H and O–H groups in total. The Kier molecular flexibility index (Phi) is 0.881. The van der Waals surface area contributed by atoms with Gasteiger partial charge < -0.3 is 5.73 Å². The van der Waals surface area contributed by atoms with Crippen molar-refractivity contribution in [1.29, 1.82) is 0 Å². The molecule has 0 fully saturated rings. The van der Waals surface area contributed by atoms with Crippen LogP contribution in [-0.2, 0) is 0 Å². The number of hydrogen-bond acceptors (Lipinski definition) is 2. The van der Waals surface area contributed by atoms with Crippen LogP contribution in [-0.4, -0.2) is 4.98 Å². The van der Waals surface area contributed by atoms with E-state index < -0.39 is 0 Å². The third kappa shape index (κ3) is 1.03. The fourth-order valence-corrected chi connectivity index (χ4v) is 0.989. The van der Waals surface area contributed by atoms with Crippen molar-refractivity contribution in [3.63, 3.8) is 0 Å². The zero-order chi connectivity index (χ0) is 9.42. The zero-order valence-electron chi connectivity index (χ0n) is 7.83. The van der Waals surface area contributed by atoms with E-state index >= 15 is 0 Å². The Balaban J connectivity index is 2.89. The standard InChI is InChI=1S/C9H8N2/c10-9-2-1-8-6-11-4-3-7(8)5-9/h1-6H,10H2/i3D,4D. The van der Waals surface area contributed by atoms with Crippen molar-refractivity contribution in [2.75, 3.05) is 5.73 Å². The molecular weight excluding hydrogens is 136 g/mol. The van der Waals surface area contributed by atoms with Gasteiger partial charge in [-0.15, -0.1) is 0 Å². The van der Waals surface area contributed by atoms with E-state index in [1.54, 1.807) is 24.4 Å². The van der Waals surface area contributed by atoms with Crippen LogP contribution in [0.3, 0.4) is 0 Å². The molecule has 11 heavy (non-hydrogen) atoms. The van der Waals surface area contributed by atoms with E-state index in [4.69, 9.17) is 8.48 Å². The van der Waals surface area contributed by atoms with Gasteiger partial charge in [0.25, 0.3) is 0 Å². The van der Waals surface area contributed by atoms with E-state index in [0.29, 0.717) is 11.1 Å². The second-order valence-corrected chi connectivity index (χ2v) is 2.34. The molecule has 54 valence electrons. The normalized spacial score (nSPS) is 12.7. The van der Waals surface area contributed by atoms with E-state index in [1.807, 2.05) is 0 Å². The predicted octanol–water partition coefficient (Wildman–Crippen LogP) is 1.82. The van der Waals surface area contributed by atoms with Crippen LogP contribution in [0.25, 0.3) is 10.8 Å². The van der Waals surface area contributed by atoms with Crippen LogP contribution in [0.2, 0.25) is 0 Å². The number of aromatic nitrogens is 1. The topological polar surface area (TPSA) is 38.9 Å². The van der Waals surface area contributed by atoms with Crippen molar-refractivity contribution >= 4 is 16.5 Å². The van der Waals surface area contributed by atoms with Gasteiger partial charge in [-0.25, -0.2) is 0 Å². The lowest BCUT2D eigenvalue weighted by Gasteiger charge is -1.96. The first-order valence-electron chi connectivity index (χ1n) is 4.30. The molecule has 2 aromatic rings. The summed E-state index contributed by atoms with van der Waals surface area (Å²) in [5.41, 5.74) is 6.18. The number of hydrogen-bond donors (Lipinski definition) is 1. The van der Waals surface area contributed by atoms with Crippen molar-refractivity contribution in [3.8, 4) is 0 Å². The summed E-state index contributed by atoms with van der Waals surface area (Å²) in [7, 11) is 0. The molecule has 2 rings (SSSR count). The highest BCUT2D eigenvalue weighted by Crippen LogP contribution is 2.14. The third-order valence-electron chi connectivity index (χ3n) is 1.54. The van der Waals surface area contributed by atoms with Gasteiger partial charge in [-0.1, -0.05) is 6.07 Å². The van der Waals surface area contributed by atoms with Gasteiger partial charge >= 0.3 is 0 Å². The van der Waals surface area contributed by atoms with Gasteiger partial charge in [0.15, 0.2) is 0 Å². The summed E-state index contributed by atoms with van der Waals surface area (Å²) < 4.78 is 14.9. The Morgan fingerprint density at radius 3 is 3.18 bits per heavy atom. The first kappa shape index (κ1) is 4.34. The first-order valence-corrected chi connectivity index (χ1v) is 3.30. The summed E-state index contributed by atoms with van der Waals surface area (Å²) in [6.45, 7) is 0. The van der Waals surface area contributed by atoms with Gasteiger partial charge in [0, 0.05) is 23.4 Å². The molecular formula is C9H8N2. The second kappa shape index (κ2) is 2.23. The van der Waals surface area contributed by atoms with Crippen LogP contribution in [0.5, 0.6) is 0 Å². The van der Waals surface area contributed by atoms with Crippen LogP contribution in [0, 0.1) is 0 Å². The Labute approximate surface area is 67.5 Å². The molecule has 0 amide bonds. The molecule has 0 aliphatic carbocycles. The van der Waals surface area contributed by atoms with Gasteiger partial charge in [-0.05, 0) is 23.6 Å². The fourth-order valence-electron chi connectivity index (χ4n) is 0.989. The van der Waals surface area contributed by atoms with Crippen LogP contribution in [0.4, 0.5) is 5.69 Å². The summed E-state index contributed by atoms with van der Waals surface area (Å²) in [6.07, 6.45) is 1.56. The molecule has 0 aliphatic heterocycles. The monoisotopic (exact) mass is 146 g/mol. The Morgan fingerprint density at radius 2 is 2.27 bits per heavy atom. The molecule has 1 heterocycles. The molecule has 0 saturated heterocycles. The highest BCUT2D eigenvalue weighted by atomic mass is 14.6. The van der Waals surface area contributed by atoms with Crippen molar-refractivity contribution in [2.24, 2.45) is 0 Å². The summed E-state index contributed by atoms with van der Waals surface area (Å²) in [5, 5.41) is 1.52. The molecule has 0 unspecified atom stereocenters. The van der Waals surface area contributed by atoms with Crippen molar-refractivity contribution < 1.29 is 2.74 Å². The average Bonchev–Trinajstić information content (AvgIpc) is 2.12. The number of fused-ring (bicyclic) bond motifs is 1. The molecule has 2 heteroatoms. The van der Waals surface area contributed by atoms with Crippen LogP contribution in [0.15, 0.2) is 36.6 Å². The van der Waals surface area contributed by atoms with Crippen LogP contribution in [0.1, 0.15) is 2.74 Å². The minimum atomic E-state index is -0.0156. The summed E-state index contributed by atoms with van der Waals surface area (Å²) in [5.74, 6) is 0. The van der Waals surface area contributed by atoms with Crippen molar-refractivity contribution in [3.05, 3.63) is 36.6 Å². The number of benzene rings is 1. The molecule has 0 atom stereocenters. The van der Waals surface area contributed by atoms with Crippen molar-refractivity contribution in [2.45, 2.75) is 0 Å². The number of anilines is 1. The average molecular weight is 146 g/mol. The molecule has 0 bridgehead atoms. The molecule has 1 aromatic carbocycles. The second-order valence-electron chi connectivity index (χ2n) is 2.34. The molecule has 0 aliphatic rings. The van der Waals surface area contributed by atoms with E-state index in [1.165, 1.54) is 0 Å². The van der Waals surface area contributed by atoms with Gasteiger partial charge in [0.05, 0.1) is 2.74 Å². The highest BCUT2D eigenvalue weighted by Gasteiger charge is 1.90. The largest absolute Gasteiger partial charge is 0.399 e. The third-order valence-corrected chi connectivity index (χ3v) is 1.54. The van der Waals surface area contributed by atoms with Gasteiger partial charge in [-0.2, -0.15) is 0 Å². The van der Waals surface area contributed by atoms with Gasteiger partial charge in [0.1, 0.15) is 0 Å². The molecule has 0 radical (unpaired) electrons. The van der Waals surface area contributed by atoms with Crippen LogP contribution >= 0.6 is 0 Å². The SMILES string of the molecule is [2H]c1ncc2ccc(N)cc2c1[2H]. The number of nitrogen functional groups attached to an aromatic ring is 1. The number of nitrogens with zero attached hydrogens (tertiary/aromatic N) is 1. The lowest BCUT2D eigenvalue weighted by molar-refractivity contribution is 1.36. The quantitative estimate of drug-likeness (QED) is 0.576. The van der Waals surface area contributed by atoms with Crippen LogP contribution < -0.4 is 5.73 Å². The first-order chi connectivity index (χ1) is 6.18. The number of rotatable bonds is 0. The van der Waals surface area contributed by atoms with Gasteiger partial charge in [-0.3, -0.25) is 4.98 Å². The number of nitrogens with two attached hydrogens (primary N) is 1. The molecule has 0 spiro atoms. The Morgan fingerprint density at radius 1 is 1.36 bits per heavy atom. The van der Waals surface area contributed by atoms with E-state index in [2.05, 4.69) is 4.98 Å².